The predicted molar refractivity (Wildman–Crippen MR) is 72.4 cm³/mol. The van der Waals surface area contributed by atoms with E-state index in [1.54, 1.807) is 14.1 Å². The van der Waals surface area contributed by atoms with Crippen LogP contribution in [-0.2, 0) is 10.2 Å². The lowest BCUT2D eigenvalue weighted by Gasteiger charge is -2.20. The van der Waals surface area contributed by atoms with Crippen LogP contribution in [0, 0.1) is 0 Å². The first-order chi connectivity index (χ1) is 7.73. The van der Waals surface area contributed by atoms with Crippen molar-refractivity contribution in [2.75, 3.05) is 14.1 Å². The first-order valence-electron chi connectivity index (χ1n) is 5.69. The van der Waals surface area contributed by atoms with Gasteiger partial charge in [0.2, 0.25) is 5.91 Å². The summed E-state index contributed by atoms with van der Waals surface area (Å²) in [6.45, 7) is 6.47. The van der Waals surface area contributed by atoms with E-state index < -0.39 is 5.38 Å². The average molecular weight is 254 g/mol. The van der Waals surface area contributed by atoms with Crippen molar-refractivity contribution in [3.05, 3.63) is 35.4 Å². The van der Waals surface area contributed by atoms with Crippen molar-refractivity contribution >= 4 is 17.5 Å². The maximum Gasteiger partial charge on any atom is 0.244 e. The van der Waals surface area contributed by atoms with Crippen LogP contribution in [0.4, 0.5) is 0 Å². The van der Waals surface area contributed by atoms with Gasteiger partial charge in [-0.05, 0) is 16.5 Å². The zero-order valence-corrected chi connectivity index (χ0v) is 11.9. The van der Waals surface area contributed by atoms with Gasteiger partial charge in [0.25, 0.3) is 0 Å². The second-order valence-corrected chi connectivity index (χ2v) is 5.90. The van der Waals surface area contributed by atoms with E-state index in [0.29, 0.717) is 0 Å². The van der Waals surface area contributed by atoms with Crippen molar-refractivity contribution in [2.24, 2.45) is 0 Å². The Kier molecular flexibility index (Phi) is 4.21. The Balaban J connectivity index is 2.92. The summed E-state index contributed by atoms with van der Waals surface area (Å²) in [4.78, 5) is 13.2. The van der Waals surface area contributed by atoms with Crippen molar-refractivity contribution in [2.45, 2.75) is 31.6 Å². The molecular weight excluding hydrogens is 234 g/mol. The van der Waals surface area contributed by atoms with Crippen LogP contribution in [-0.4, -0.2) is 24.9 Å². The molecule has 0 heterocycles. The van der Waals surface area contributed by atoms with Crippen LogP contribution in [0.25, 0.3) is 0 Å². The summed E-state index contributed by atoms with van der Waals surface area (Å²) in [5, 5.41) is -0.598. The van der Waals surface area contributed by atoms with Crippen molar-refractivity contribution in [1.82, 2.24) is 4.90 Å². The van der Waals surface area contributed by atoms with Gasteiger partial charge in [0, 0.05) is 14.1 Å². The molecule has 0 saturated carbocycles. The molecule has 0 aliphatic carbocycles. The lowest BCUT2D eigenvalue weighted by molar-refractivity contribution is -0.128. The van der Waals surface area contributed by atoms with E-state index in [9.17, 15) is 4.79 Å². The van der Waals surface area contributed by atoms with Crippen LogP contribution in [0.2, 0.25) is 0 Å². The second kappa shape index (κ2) is 5.09. The Hall–Kier alpha value is -1.02. The topological polar surface area (TPSA) is 20.3 Å². The molecule has 1 rings (SSSR count). The molecular formula is C14H20ClNO. The molecule has 0 N–H and O–H groups in total. The highest BCUT2D eigenvalue weighted by Crippen LogP contribution is 2.27. The number of alkyl halides is 1. The molecule has 1 atom stereocenters. The molecule has 3 heteroatoms. The van der Waals surface area contributed by atoms with Gasteiger partial charge in [-0.3, -0.25) is 4.79 Å². The summed E-state index contributed by atoms with van der Waals surface area (Å²) in [7, 11) is 3.42. The number of nitrogens with zero attached hydrogens (tertiary/aromatic N) is 1. The molecule has 1 aromatic rings. The van der Waals surface area contributed by atoms with Crippen LogP contribution in [0.3, 0.4) is 0 Å². The third-order valence-electron chi connectivity index (χ3n) is 2.73. The highest BCUT2D eigenvalue weighted by atomic mass is 35.5. The number of halogens is 1. The number of carbonyl (C=O) groups excluding carboxylic acids is 1. The van der Waals surface area contributed by atoms with E-state index in [1.807, 2.05) is 24.3 Å². The quantitative estimate of drug-likeness (QED) is 0.741. The average Bonchev–Trinajstić information content (AvgIpc) is 2.26. The van der Waals surface area contributed by atoms with Crippen molar-refractivity contribution in [3.8, 4) is 0 Å². The van der Waals surface area contributed by atoms with E-state index in [2.05, 4.69) is 20.8 Å². The van der Waals surface area contributed by atoms with Crippen LogP contribution < -0.4 is 0 Å². The number of hydrogen-bond acceptors (Lipinski definition) is 1. The van der Waals surface area contributed by atoms with Crippen LogP contribution in [0.1, 0.15) is 37.3 Å². The highest BCUT2D eigenvalue weighted by molar-refractivity contribution is 6.30. The van der Waals surface area contributed by atoms with Crippen LogP contribution in [0.15, 0.2) is 24.3 Å². The lowest BCUT2D eigenvalue weighted by atomic mass is 9.86. The predicted octanol–water partition coefficient (Wildman–Crippen LogP) is 3.35. The smallest absolute Gasteiger partial charge is 0.244 e. The molecule has 94 valence electrons. The number of amides is 1. The van der Waals surface area contributed by atoms with Crippen LogP contribution >= 0.6 is 11.6 Å². The molecule has 2 nitrogen and oxygen atoms in total. The van der Waals surface area contributed by atoms with Crippen LogP contribution in [0.5, 0.6) is 0 Å². The van der Waals surface area contributed by atoms with Crippen molar-refractivity contribution < 1.29 is 4.79 Å². The van der Waals surface area contributed by atoms with Gasteiger partial charge in [-0.2, -0.15) is 0 Å². The third-order valence-corrected chi connectivity index (χ3v) is 3.17. The molecule has 1 amide bonds. The van der Waals surface area contributed by atoms with Gasteiger partial charge < -0.3 is 4.90 Å². The standard InChI is InChI=1S/C14H20ClNO/c1-14(2,3)11-8-6-10(7-9-11)12(15)13(17)16(4)5/h6-9,12H,1-5H3. The fourth-order valence-corrected chi connectivity index (χ4v) is 1.86. The maximum atomic E-state index is 11.7. The minimum absolute atomic E-state index is 0.0878. The molecule has 0 aliphatic heterocycles. The maximum absolute atomic E-state index is 11.7. The monoisotopic (exact) mass is 253 g/mol. The first kappa shape index (κ1) is 14.0. The molecule has 1 unspecified atom stereocenters. The Bertz CT molecular complexity index is 390. The zero-order chi connectivity index (χ0) is 13.2. The number of likely N-dealkylation sites (N-methyl/N-ethyl adjacent to an activating group) is 1. The molecule has 0 aromatic heterocycles. The molecule has 0 spiro atoms. The van der Waals surface area contributed by atoms with Gasteiger partial charge in [0.15, 0.2) is 0 Å². The second-order valence-electron chi connectivity index (χ2n) is 5.47. The molecule has 0 aliphatic rings. The van der Waals surface area contributed by atoms with Gasteiger partial charge in [-0.1, -0.05) is 45.0 Å². The van der Waals surface area contributed by atoms with E-state index in [0.717, 1.165) is 5.56 Å². The fourth-order valence-electron chi connectivity index (χ4n) is 1.52. The van der Waals surface area contributed by atoms with Crippen molar-refractivity contribution in [1.29, 1.82) is 0 Å². The molecule has 0 fully saturated rings. The highest BCUT2D eigenvalue weighted by Gasteiger charge is 2.20. The van der Waals surface area contributed by atoms with Gasteiger partial charge in [0.1, 0.15) is 5.38 Å². The SMILES string of the molecule is CN(C)C(=O)C(Cl)c1ccc(C(C)(C)C)cc1. The fraction of sp³-hybridized carbons (Fsp3) is 0.500. The number of hydrogen-bond donors (Lipinski definition) is 0. The lowest BCUT2D eigenvalue weighted by Crippen LogP contribution is -2.25. The summed E-state index contributed by atoms with van der Waals surface area (Å²) < 4.78 is 0. The number of rotatable bonds is 2. The summed E-state index contributed by atoms with van der Waals surface area (Å²) in [6.07, 6.45) is 0. The summed E-state index contributed by atoms with van der Waals surface area (Å²) in [5.41, 5.74) is 2.20. The van der Waals surface area contributed by atoms with E-state index >= 15 is 0 Å². The zero-order valence-electron chi connectivity index (χ0n) is 11.1. The summed E-state index contributed by atoms with van der Waals surface area (Å²) in [6, 6.07) is 7.93. The van der Waals surface area contributed by atoms with Gasteiger partial charge >= 0.3 is 0 Å². The van der Waals surface area contributed by atoms with Gasteiger partial charge in [0.05, 0.1) is 0 Å². The largest absolute Gasteiger partial charge is 0.347 e. The number of carbonyl (C=O) groups is 1. The Labute approximate surface area is 109 Å². The summed E-state index contributed by atoms with van der Waals surface area (Å²) in [5.74, 6) is -0.0878. The van der Waals surface area contributed by atoms with E-state index in [4.69, 9.17) is 11.6 Å². The normalized spacial score (nSPS) is 13.3. The molecule has 0 bridgehead atoms. The van der Waals surface area contributed by atoms with Gasteiger partial charge in [-0.25, -0.2) is 0 Å². The minimum atomic E-state index is -0.598. The van der Waals surface area contributed by atoms with E-state index in [1.165, 1.54) is 10.5 Å². The Morgan fingerprint density at radius 1 is 1.18 bits per heavy atom. The number of benzene rings is 1. The molecule has 17 heavy (non-hydrogen) atoms. The van der Waals surface area contributed by atoms with Crippen molar-refractivity contribution in [3.63, 3.8) is 0 Å². The Morgan fingerprint density at radius 3 is 2.00 bits per heavy atom. The molecule has 0 radical (unpaired) electrons. The Morgan fingerprint density at radius 2 is 1.65 bits per heavy atom. The molecule has 1 aromatic carbocycles. The summed E-state index contributed by atoms with van der Waals surface area (Å²) >= 11 is 6.13. The van der Waals surface area contributed by atoms with E-state index in [-0.39, 0.29) is 11.3 Å². The molecule has 0 saturated heterocycles. The first-order valence-corrected chi connectivity index (χ1v) is 6.13. The third kappa shape index (κ3) is 3.47. The van der Waals surface area contributed by atoms with Gasteiger partial charge in [-0.15, -0.1) is 11.6 Å². The minimum Gasteiger partial charge on any atom is -0.347 e.